The highest BCUT2D eigenvalue weighted by atomic mass is 19.1. The van der Waals surface area contributed by atoms with Gasteiger partial charge < -0.3 is 9.64 Å². The third-order valence-corrected chi connectivity index (χ3v) is 6.07. The average molecular weight is 374 g/mol. The van der Waals surface area contributed by atoms with Gasteiger partial charge in [0.05, 0.1) is 5.52 Å². The molecule has 3 nitrogen and oxygen atoms in total. The number of likely N-dealkylation sites (tertiary alicyclic amines) is 1. The summed E-state index contributed by atoms with van der Waals surface area (Å²) >= 11 is 0. The summed E-state index contributed by atoms with van der Waals surface area (Å²) in [6.45, 7) is 2.61. The van der Waals surface area contributed by atoms with E-state index < -0.39 is 12.6 Å². The lowest BCUT2D eigenvalue weighted by Gasteiger charge is -2.35. The largest absolute Gasteiger partial charge is 0.489 e. The van der Waals surface area contributed by atoms with Crippen LogP contribution in [0.15, 0.2) is 24.3 Å². The fraction of sp³-hybridized carbons (Fsp3) is 0.591. The van der Waals surface area contributed by atoms with Gasteiger partial charge in [0.25, 0.3) is 0 Å². The van der Waals surface area contributed by atoms with E-state index in [-0.39, 0.29) is 6.10 Å². The van der Waals surface area contributed by atoms with Crippen molar-refractivity contribution in [2.45, 2.75) is 57.7 Å². The fourth-order valence-corrected chi connectivity index (χ4v) is 4.58. The number of halogens is 2. The van der Waals surface area contributed by atoms with Gasteiger partial charge in [0.2, 0.25) is 5.95 Å². The molecule has 0 atom stereocenters. The molecule has 1 aliphatic carbocycles. The minimum absolute atomic E-state index is 0.0756. The van der Waals surface area contributed by atoms with E-state index in [0.717, 1.165) is 31.8 Å². The first-order valence-electron chi connectivity index (χ1n) is 10.3. The molecule has 1 aromatic carbocycles. The van der Waals surface area contributed by atoms with Gasteiger partial charge in [0, 0.05) is 36.7 Å². The number of hydrogen-bond acceptors (Lipinski definition) is 3. The number of aromatic nitrogens is 1. The molecule has 0 N–H and O–H groups in total. The van der Waals surface area contributed by atoms with Crippen LogP contribution in [0.4, 0.5) is 8.78 Å². The van der Waals surface area contributed by atoms with E-state index in [1.54, 1.807) is 12.1 Å². The first-order chi connectivity index (χ1) is 13.2. The van der Waals surface area contributed by atoms with Gasteiger partial charge in [-0.05, 0) is 37.7 Å². The van der Waals surface area contributed by atoms with E-state index in [2.05, 4.69) is 9.88 Å². The molecule has 1 aliphatic heterocycles. The van der Waals surface area contributed by atoms with Crippen LogP contribution < -0.4 is 4.74 Å². The molecule has 1 saturated heterocycles. The molecule has 5 heteroatoms. The molecule has 0 amide bonds. The zero-order valence-electron chi connectivity index (χ0n) is 15.8. The lowest BCUT2D eigenvalue weighted by molar-refractivity contribution is 0.0871. The number of hydrogen-bond donors (Lipinski definition) is 0. The lowest BCUT2D eigenvalue weighted by Crippen LogP contribution is -2.41. The highest BCUT2D eigenvalue weighted by Crippen LogP contribution is 2.31. The minimum atomic E-state index is -0.660. The number of benzene rings is 1. The Kier molecular flexibility index (Phi) is 5.86. The van der Waals surface area contributed by atoms with Crippen LogP contribution in [-0.2, 0) is 6.67 Å². The van der Waals surface area contributed by atoms with E-state index in [1.807, 2.05) is 6.07 Å². The van der Waals surface area contributed by atoms with E-state index in [1.165, 1.54) is 44.7 Å². The van der Waals surface area contributed by atoms with Crippen molar-refractivity contribution in [1.29, 1.82) is 0 Å². The third-order valence-electron chi connectivity index (χ3n) is 6.07. The summed E-state index contributed by atoms with van der Waals surface area (Å²) in [6, 6.07) is 6.58. The topological polar surface area (TPSA) is 25.4 Å². The summed E-state index contributed by atoms with van der Waals surface area (Å²) in [5.74, 6) is 0.722. The second kappa shape index (κ2) is 8.51. The number of fused-ring (bicyclic) bond motifs is 1. The molecule has 0 spiro atoms. The number of piperidine rings is 1. The summed E-state index contributed by atoms with van der Waals surface area (Å²) in [6.07, 6.45) is 8.86. The Morgan fingerprint density at radius 1 is 1.07 bits per heavy atom. The van der Waals surface area contributed by atoms with Gasteiger partial charge in [-0.2, -0.15) is 4.39 Å². The van der Waals surface area contributed by atoms with Crippen molar-refractivity contribution < 1.29 is 13.5 Å². The maximum absolute atomic E-state index is 14.0. The molecule has 27 heavy (non-hydrogen) atoms. The molecule has 2 fully saturated rings. The van der Waals surface area contributed by atoms with Crippen LogP contribution in [0.3, 0.4) is 0 Å². The van der Waals surface area contributed by atoms with Crippen LogP contribution >= 0.6 is 0 Å². The summed E-state index contributed by atoms with van der Waals surface area (Å²) in [4.78, 5) is 6.44. The number of rotatable bonds is 5. The Morgan fingerprint density at radius 2 is 1.85 bits per heavy atom. The van der Waals surface area contributed by atoms with Crippen LogP contribution in [0.2, 0.25) is 0 Å². The maximum Gasteiger partial charge on any atom is 0.217 e. The highest BCUT2D eigenvalue weighted by molar-refractivity contribution is 5.87. The Balaban J connectivity index is 1.40. The molecule has 2 aliphatic rings. The van der Waals surface area contributed by atoms with Gasteiger partial charge in [-0.25, -0.2) is 9.37 Å². The summed E-state index contributed by atoms with van der Waals surface area (Å²) < 4.78 is 33.3. The van der Waals surface area contributed by atoms with Gasteiger partial charge >= 0.3 is 0 Å². The standard InChI is InChI=1S/C22H28F2N2O/c23-14-17-7-4-8-19-20(13-21(24)25-22(17)19)27-18-9-11-26(12-10-18)15-16-5-2-1-3-6-16/h4,7-8,13,16,18H,1-3,5-6,9-12,14-15H2. The van der Waals surface area contributed by atoms with E-state index >= 15 is 0 Å². The molecule has 0 radical (unpaired) electrons. The summed E-state index contributed by atoms with van der Waals surface area (Å²) in [5, 5.41) is 0.691. The number of alkyl halides is 1. The van der Waals surface area contributed by atoms with E-state index in [9.17, 15) is 8.78 Å². The predicted molar refractivity (Wildman–Crippen MR) is 103 cm³/mol. The molecule has 1 aromatic heterocycles. The summed E-state index contributed by atoms with van der Waals surface area (Å²) in [5.41, 5.74) is 0.767. The smallest absolute Gasteiger partial charge is 0.217 e. The Bertz CT molecular complexity index is 768. The maximum atomic E-state index is 14.0. The quantitative estimate of drug-likeness (QED) is 0.667. The van der Waals surface area contributed by atoms with Crippen molar-refractivity contribution in [2.24, 2.45) is 5.92 Å². The number of nitrogens with zero attached hydrogens (tertiary/aromatic N) is 2. The predicted octanol–water partition coefficient (Wildman–Crippen LogP) is 5.27. The lowest BCUT2D eigenvalue weighted by atomic mass is 9.88. The van der Waals surface area contributed by atoms with Crippen molar-refractivity contribution in [1.82, 2.24) is 9.88 Å². The average Bonchev–Trinajstić information content (AvgIpc) is 2.70. The second-order valence-electron chi connectivity index (χ2n) is 8.01. The molecular weight excluding hydrogens is 346 g/mol. The number of ether oxygens (including phenoxy) is 1. The third kappa shape index (κ3) is 4.40. The monoisotopic (exact) mass is 374 g/mol. The van der Waals surface area contributed by atoms with E-state index in [4.69, 9.17) is 4.74 Å². The molecular formula is C22H28F2N2O. The molecule has 4 rings (SSSR count). The van der Waals surface area contributed by atoms with Gasteiger partial charge in [-0.15, -0.1) is 0 Å². The van der Waals surface area contributed by atoms with E-state index in [0.29, 0.717) is 22.2 Å². The van der Waals surface area contributed by atoms with Gasteiger partial charge in [-0.3, -0.25) is 0 Å². The van der Waals surface area contributed by atoms with Crippen molar-refractivity contribution in [2.75, 3.05) is 19.6 Å². The normalized spacial score (nSPS) is 20.2. The Hall–Kier alpha value is -1.75. The Morgan fingerprint density at radius 3 is 2.59 bits per heavy atom. The van der Waals surface area contributed by atoms with Crippen LogP contribution in [0.1, 0.15) is 50.5 Å². The highest BCUT2D eigenvalue weighted by Gasteiger charge is 2.24. The second-order valence-corrected chi connectivity index (χ2v) is 8.01. The van der Waals surface area contributed by atoms with Crippen molar-refractivity contribution in [3.8, 4) is 5.75 Å². The molecule has 2 heterocycles. The molecule has 0 unspecified atom stereocenters. The van der Waals surface area contributed by atoms with Crippen LogP contribution in [0.5, 0.6) is 5.75 Å². The fourth-order valence-electron chi connectivity index (χ4n) is 4.58. The van der Waals surface area contributed by atoms with Gasteiger partial charge in [-0.1, -0.05) is 31.4 Å². The zero-order chi connectivity index (χ0) is 18.6. The van der Waals surface area contributed by atoms with Crippen LogP contribution in [0.25, 0.3) is 10.9 Å². The molecule has 2 aromatic rings. The zero-order valence-corrected chi connectivity index (χ0v) is 15.8. The van der Waals surface area contributed by atoms with Gasteiger partial charge in [0.1, 0.15) is 18.5 Å². The first kappa shape index (κ1) is 18.6. The summed E-state index contributed by atoms with van der Waals surface area (Å²) in [7, 11) is 0. The van der Waals surface area contributed by atoms with Crippen molar-refractivity contribution >= 4 is 10.9 Å². The van der Waals surface area contributed by atoms with Crippen LogP contribution in [0, 0.1) is 11.9 Å². The molecule has 146 valence electrons. The molecule has 1 saturated carbocycles. The van der Waals surface area contributed by atoms with Crippen molar-refractivity contribution in [3.63, 3.8) is 0 Å². The van der Waals surface area contributed by atoms with Crippen LogP contribution in [-0.4, -0.2) is 35.6 Å². The SMILES string of the molecule is FCc1cccc2c(OC3CCN(CC4CCCCC4)CC3)cc(F)nc12. The van der Waals surface area contributed by atoms with Gasteiger partial charge in [0.15, 0.2) is 0 Å². The minimum Gasteiger partial charge on any atom is -0.489 e. The van der Waals surface area contributed by atoms with Crippen molar-refractivity contribution in [3.05, 3.63) is 35.8 Å². The molecule has 0 bridgehead atoms. The first-order valence-corrected chi connectivity index (χ1v) is 10.3. The Labute approximate surface area is 159 Å². The number of para-hydroxylation sites is 1. The number of pyridine rings is 1.